The monoisotopic (exact) mass is 337 g/mol. The van der Waals surface area contributed by atoms with Gasteiger partial charge in [0.05, 0.1) is 6.54 Å². The van der Waals surface area contributed by atoms with Crippen molar-refractivity contribution < 1.29 is 18.4 Å². The highest BCUT2D eigenvalue weighted by Crippen LogP contribution is 2.57. The number of rotatable bonds is 5. The van der Waals surface area contributed by atoms with Gasteiger partial charge in [-0.2, -0.15) is 0 Å². The molecular formula is C17H21F2N3O2. The predicted octanol–water partition coefficient (Wildman–Crippen LogP) is 1.74. The predicted molar refractivity (Wildman–Crippen MR) is 85.1 cm³/mol. The summed E-state index contributed by atoms with van der Waals surface area (Å²) in [6.07, 6.45) is 3.13. The summed E-state index contributed by atoms with van der Waals surface area (Å²) >= 11 is 0. The number of nitrogens with two attached hydrogens (primary N) is 1. The van der Waals surface area contributed by atoms with Crippen LogP contribution < -0.4 is 10.6 Å². The number of hydrogen-bond acceptors (Lipinski definition) is 5. The molecule has 0 amide bonds. The minimum absolute atomic E-state index is 0.00150. The molecule has 0 atom stereocenters. The summed E-state index contributed by atoms with van der Waals surface area (Å²) in [7, 11) is 0. The highest BCUT2D eigenvalue weighted by Gasteiger charge is 2.56. The molecule has 1 saturated carbocycles. The molecule has 0 bridgehead atoms. The van der Waals surface area contributed by atoms with Crippen molar-refractivity contribution in [1.82, 2.24) is 4.98 Å². The lowest BCUT2D eigenvalue weighted by molar-refractivity contribution is -0.168. The van der Waals surface area contributed by atoms with Gasteiger partial charge in [-0.25, -0.2) is 13.8 Å². The van der Waals surface area contributed by atoms with Crippen LogP contribution in [0.3, 0.4) is 0 Å². The van der Waals surface area contributed by atoms with Crippen LogP contribution in [0.4, 0.5) is 14.6 Å². The van der Waals surface area contributed by atoms with Crippen LogP contribution in [0.2, 0.25) is 0 Å². The molecule has 0 unspecified atom stereocenters. The van der Waals surface area contributed by atoms with Crippen molar-refractivity contribution in [2.75, 3.05) is 24.5 Å². The Hall–Kier alpha value is -1.89. The number of aromatic nitrogens is 1. The molecular weight excluding hydrogens is 316 g/mol. The van der Waals surface area contributed by atoms with Crippen molar-refractivity contribution in [2.24, 2.45) is 11.1 Å². The molecule has 1 spiro atoms. The fourth-order valence-electron chi connectivity index (χ4n) is 3.72. The number of nitrogens with zero attached hydrogens (tertiary/aromatic N) is 2. The Morgan fingerprint density at radius 3 is 2.33 bits per heavy atom. The van der Waals surface area contributed by atoms with Gasteiger partial charge in [-0.3, -0.25) is 9.59 Å². The summed E-state index contributed by atoms with van der Waals surface area (Å²) in [5, 5.41) is 0. The van der Waals surface area contributed by atoms with Gasteiger partial charge in [0.1, 0.15) is 5.82 Å². The molecule has 24 heavy (non-hydrogen) atoms. The van der Waals surface area contributed by atoms with Crippen molar-refractivity contribution >= 4 is 17.4 Å². The number of hydrogen-bond donors (Lipinski definition) is 1. The van der Waals surface area contributed by atoms with Crippen LogP contribution in [0.5, 0.6) is 0 Å². The van der Waals surface area contributed by atoms with Crippen molar-refractivity contribution in [3.8, 4) is 0 Å². The molecule has 130 valence electrons. The van der Waals surface area contributed by atoms with Crippen molar-refractivity contribution in [1.29, 1.82) is 0 Å². The Morgan fingerprint density at radius 1 is 1.17 bits per heavy atom. The van der Waals surface area contributed by atoms with Gasteiger partial charge in [0.15, 0.2) is 0 Å². The summed E-state index contributed by atoms with van der Waals surface area (Å²) in [5.74, 6) is -2.80. The molecule has 2 N–H and O–H groups in total. The smallest absolute Gasteiger partial charge is 0.249 e. The Kier molecular flexibility index (Phi) is 4.38. The largest absolute Gasteiger partial charge is 0.357 e. The van der Waals surface area contributed by atoms with E-state index in [-0.39, 0.29) is 31.2 Å². The second kappa shape index (κ2) is 6.20. The molecule has 1 aromatic rings. The number of carbonyl (C=O) groups is 2. The average molecular weight is 337 g/mol. The first kappa shape index (κ1) is 17.0. The second-order valence-corrected chi connectivity index (χ2v) is 6.95. The van der Waals surface area contributed by atoms with E-state index in [0.717, 1.165) is 18.7 Å². The molecule has 5 nitrogen and oxygen atoms in total. The van der Waals surface area contributed by atoms with E-state index in [1.165, 1.54) is 0 Å². The summed E-state index contributed by atoms with van der Waals surface area (Å²) in [6.45, 7) is 1.15. The van der Waals surface area contributed by atoms with Gasteiger partial charge in [-0.15, -0.1) is 0 Å². The van der Waals surface area contributed by atoms with E-state index < -0.39 is 17.5 Å². The molecule has 1 saturated heterocycles. The topological polar surface area (TPSA) is 76.3 Å². The SMILES string of the molecule is NCC(=O)C(=O)Cc1ccc(N2CCC3(CC2)CC(F)(F)C3)nc1. The summed E-state index contributed by atoms with van der Waals surface area (Å²) in [6, 6.07) is 3.58. The zero-order chi connectivity index (χ0) is 17.4. The van der Waals surface area contributed by atoms with Crippen LogP contribution >= 0.6 is 0 Å². The van der Waals surface area contributed by atoms with Gasteiger partial charge >= 0.3 is 0 Å². The van der Waals surface area contributed by atoms with E-state index in [1.807, 2.05) is 6.07 Å². The fraction of sp³-hybridized carbons (Fsp3) is 0.588. The maximum absolute atomic E-state index is 13.1. The number of halogens is 2. The highest BCUT2D eigenvalue weighted by molar-refractivity contribution is 6.38. The summed E-state index contributed by atoms with van der Waals surface area (Å²) < 4.78 is 26.3. The number of ketones is 2. The molecule has 7 heteroatoms. The van der Waals surface area contributed by atoms with E-state index in [2.05, 4.69) is 9.88 Å². The Balaban J connectivity index is 1.55. The van der Waals surface area contributed by atoms with Crippen molar-refractivity contribution in [3.05, 3.63) is 23.9 Å². The lowest BCUT2D eigenvalue weighted by Gasteiger charge is -2.52. The number of carbonyl (C=O) groups excluding carboxylic acids is 2. The summed E-state index contributed by atoms with van der Waals surface area (Å²) in [4.78, 5) is 29.2. The van der Waals surface area contributed by atoms with Gasteiger partial charge in [0.2, 0.25) is 17.5 Å². The quantitative estimate of drug-likeness (QED) is 0.828. The molecule has 3 rings (SSSR count). The van der Waals surface area contributed by atoms with Gasteiger partial charge in [-0.05, 0) is 29.9 Å². The van der Waals surface area contributed by atoms with Gasteiger partial charge in [-0.1, -0.05) is 6.07 Å². The number of pyridine rings is 1. The van der Waals surface area contributed by atoms with E-state index in [0.29, 0.717) is 18.7 Å². The third-order valence-electron chi connectivity index (χ3n) is 5.09. The molecule has 1 aliphatic carbocycles. The van der Waals surface area contributed by atoms with E-state index in [9.17, 15) is 18.4 Å². The zero-order valence-corrected chi connectivity index (χ0v) is 13.4. The Labute approximate surface area is 139 Å². The highest BCUT2D eigenvalue weighted by atomic mass is 19.3. The lowest BCUT2D eigenvalue weighted by atomic mass is 9.61. The van der Waals surface area contributed by atoms with Gasteiger partial charge in [0.25, 0.3) is 0 Å². The van der Waals surface area contributed by atoms with E-state index >= 15 is 0 Å². The molecule has 2 fully saturated rings. The lowest BCUT2D eigenvalue weighted by Crippen LogP contribution is -2.52. The molecule has 1 aromatic heterocycles. The molecule has 2 heterocycles. The minimum Gasteiger partial charge on any atom is -0.357 e. The van der Waals surface area contributed by atoms with E-state index in [1.54, 1.807) is 12.3 Å². The maximum Gasteiger partial charge on any atom is 0.249 e. The number of alkyl halides is 2. The average Bonchev–Trinajstić information content (AvgIpc) is 2.54. The van der Waals surface area contributed by atoms with Crippen LogP contribution in [0.15, 0.2) is 18.3 Å². The standard InChI is InChI=1S/C17H21F2N3O2/c18-17(19)10-16(11-17)3-5-22(6-4-16)15-2-1-12(9-21-15)7-13(23)14(24)8-20/h1-2,9H,3-8,10-11,20H2. The number of Topliss-reactive ketones (excluding diaryl/α,β-unsaturated/α-hetero) is 2. The molecule has 0 radical (unpaired) electrons. The first-order valence-electron chi connectivity index (χ1n) is 8.16. The Morgan fingerprint density at radius 2 is 1.83 bits per heavy atom. The zero-order valence-electron chi connectivity index (χ0n) is 13.4. The second-order valence-electron chi connectivity index (χ2n) is 6.95. The molecule has 1 aliphatic heterocycles. The first-order chi connectivity index (χ1) is 11.3. The number of piperidine rings is 1. The van der Waals surface area contributed by atoms with Crippen LogP contribution in [-0.4, -0.2) is 42.1 Å². The normalized spacial score (nSPS) is 21.4. The van der Waals surface area contributed by atoms with Crippen LogP contribution in [0.25, 0.3) is 0 Å². The third kappa shape index (κ3) is 3.45. The summed E-state index contributed by atoms with van der Waals surface area (Å²) in [5.41, 5.74) is 5.64. The Bertz CT molecular complexity index is 628. The van der Waals surface area contributed by atoms with Gasteiger partial charge in [0, 0.05) is 38.5 Å². The van der Waals surface area contributed by atoms with E-state index in [4.69, 9.17) is 5.73 Å². The molecule has 0 aromatic carbocycles. The minimum atomic E-state index is -2.48. The van der Waals surface area contributed by atoms with Crippen molar-refractivity contribution in [3.63, 3.8) is 0 Å². The first-order valence-corrected chi connectivity index (χ1v) is 8.16. The molecule has 2 aliphatic rings. The van der Waals surface area contributed by atoms with Crippen molar-refractivity contribution in [2.45, 2.75) is 38.0 Å². The van der Waals surface area contributed by atoms with Gasteiger partial charge < -0.3 is 10.6 Å². The maximum atomic E-state index is 13.1. The van der Waals surface area contributed by atoms with Crippen LogP contribution in [0.1, 0.15) is 31.2 Å². The van der Waals surface area contributed by atoms with Crippen LogP contribution in [-0.2, 0) is 16.0 Å². The third-order valence-corrected chi connectivity index (χ3v) is 5.09. The number of anilines is 1. The van der Waals surface area contributed by atoms with Crippen LogP contribution in [0, 0.1) is 5.41 Å². The fourth-order valence-corrected chi connectivity index (χ4v) is 3.72.